The van der Waals surface area contributed by atoms with E-state index in [2.05, 4.69) is 6.58 Å². The second kappa shape index (κ2) is 5.16. The number of hydrogen-bond donors (Lipinski definition) is 3. The van der Waals surface area contributed by atoms with Gasteiger partial charge in [0.2, 0.25) is 0 Å². The van der Waals surface area contributed by atoms with Crippen molar-refractivity contribution in [1.82, 2.24) is 0 Å². The number of carboxylic acid groups (broad SMARTS) is 3. The van der Waals surface area contributed by atoms with Crippen LogP contribution in [-0.2, 0) is 14.4 Å². The van der Waals surface area contributed by atoms with Gasteiger partial charge in [0, 0.05) is 5.03 Å². The van der Waals surface area contributed by atoms with Gasteiger partial charge in [0.05, 0.1) is 17.6 Å². The SMILES string of the molecule is C=C(Cl)/C(C(=O)O)=C(\CC(=O)O)C(=O)O. The number of rotatable bonds is 5. The third-order valence-corrected chi connectivity index (χ3v) is 1.56. The molecule has 0 amide bonds. The summed E-state index contributed by atoms with van der Waals surface area (Å²) in [5.41, 5.74) is -1.61. The fraction of sp³-hybridized carbons (Fsp3) is 0.125. The van der Waals surface area contributed by atoms with E-state index >= 15 is 0 Å². The Morgan fingerprint density at radius 3 is 1.73 bits per heavy atom. The molecule has 6 nitrogen and oxygen atoms in total. The molecule has 0 aliphatic carbocycles. The number of halogens is 1. The van der Waals surface area contributed by atoms with Gasteiger partial charge in [-0.2, -0.15) is 0 Å². The second-order valence-corrected chi connectivity index (χ2v) is 2.90. The first-order valence-electron chi connectivity index (χ1n) is 3.53. The van der Waals surface area contributed by atoms with Crippen LogP contribution in [0.1, 0.15) is 6.42 Å². The van der Waals surface area contributed by atoms with E-state index in [9.17, 15) is 14.4 Å². The Morgan fingerprint density at radius 2 is 1.53 bits per heavy atom. The molecule has 0 aromatic rings. The van der Waals surface area contributed by atoms with Gasteiger partial charge in [-0.1, -0.05) is 18.2 Å². The lowest BCUT2D eigenvalue weighted by atomic mass is 10.1. The molecule has 0 saturated carbocycles. The fourth-order valence-corrected chi connectivity index (χ4v) is 1.03. The van der Waals surface area contributed by atoms with E-state index in [-0.39, 0.29) is 0 Å². The Labute approximate surface area is 89.1 Å². The van der Waals surface area contributed by atoms with Crippen LogP contribution in [0.5, 0.6) is 0 Å². The van der Waals surface area contributed by atoms with E-state index in [4.69, 9.17) is 26.9 Å². The summed E-state index contributed by atoms with van der Waals surface area (Å²) in [6, 6.07) is 0. The molecule has 15 heavy (non-hydrogen) atoms. The van der Waals surface area contributed by atoms with E-state index < -0.39 is 40.5 Å². The molecule has 0 rings (SSSR count). The van der Waals surface area contributed by atoms with Crippen molar-refractivity contribution in [3.8, 4) is 0 Å². The maximum absolute atomic E-state index is 10.6. The molecule has 0 aromatic heterocycles. The quantitative estimate of drug-likeness (QED) is 0.476. The summed E-state index contributed by atoms with van der Waals surface area (Å²) in [6.07, 6.45) is -0.942. The summed E-state index contributed by atoms with van der Waals surface area (Å²) in [7, 11) is 0. The molecule has 0 atom stereocenters. The molecule has 0 aliphatic rings. The van der Waals surface area contributed by atoms with Gasteiger partial charge in [-0.3, -0.25) is 4.79 Å². The minimum Gasteiger partial charge on any atom is -0.481 e. The molecule has 7 heteroatoms. The van der Waals surface area contributed by atoms with Crippen LogP contribution >= 0.6 is 11.6 Å². The maximum Gasteiger partial charge on any atom is 0.337 e. The van der Waals surface area contributed by atoms with Gasteiger partial charge in [0.25, 0.3) is 0 Å². The first kappa shape index (κ1) is 13.2. The lowest BCUT2D eigenvalue weighted by Crippen LogP contribution is -2.14. The zero-order chi connectivity index (χ0) is 12.2. The Kier molecular flexibility index (Phi) is 4.53. The smallest absolute Gasteiger partial charge is 0.337 e. The van der Waals surface area contributed by atoms with Gasteiger partial charge >= 0.3 is 17.9 Å². The summed E-state index contributed by atoms with van der Waals surface area (Å²) in [6.45, 7) is 3.06. The molecule has 0 bridgehead atoms. The fourth-order valence-electron chi connectivity index (χ4n) is 0.831. The van der Waals surface area contributed by atoms with Crippen LogP contribution in [0.4, 0.5) is 0 Å². The summed E-state index contributed by atoms with van der Waals surface area (Å²) in [5.74, 6) is -4.76. The van der Waals surface area contributed by atoms with Crippen molar-refractivity contribution in [1.29, 1.82) is 0 Å². The van der Waals surface area contributed by atoms with Gasteiger partial charge in [-0.25, -0.2) is 9.59 Å². The Hall–Kier alpha value is -1.82. The molecule has 0 saturated heterocycles. The largest absolute Gasteiger partial charge is 0.481 e. The van der Waals surface area contributed by atoms with Crippen molar-refractivity contribution in [2.24, 2.45) is 0 Å². The zero-order valence-electron chi connectivity index (χ0n) is 7.36. The Balaban J connectivity index is 5.56. The lowest BCUT2D eigenvalue weighted by molar-refractivity contribution is -0.140. The van der Waals surface area contributed by atoms with Crippen molar-refractivity contribution < 1.29 is 29.7 Å². The molecule has 0 heterocycles. The molecule has 0 fully saturated rings. The molecule has 0 aliphatic heterocycles. The van der Waals surface area contributed by atoms with Crippen molar-refractivity contribution in [3.05, 3.63) is 22.8 Å². The van der Waals surface area contributed by atoms with Gasteiger partial charge in [-0.05, 0) is 0 Å². The number of hydrogen-bond acceptors (Lipinski definition) is 3. The molecular weight excluding hydrogens is 228 g/mol. The third-order valence-electron chi connectivity index (χ3n) is 1.37. The highest BCUT2D eigenvalue weighted by atomic mass is 35.5. The summed E-state index contributed by atoms with van der Waals surface area (Å²) in [5, 5.41) is 25.1. The predicted molar refractivity (Wildman–Crippen MR) is 49.5 cm³/mol. The Morgan fingerprint density at radius 1 is 1.07 bits per heavy atom. The maximum atomic E-state index is 10.6. The first-order valence-corrected chi connectivity index (χ1v) is 3.91. The van der Waals surface area contributed by atoms with E-state index in [1.807, 2.05) is 0 Å². The average molecular weight is 235 g/mol. The number of carbonyl (C=O) groups is 3. The molecule has 0 radical (unpaired) electrons. The van der Waals surface area contributed by atoms with Gasteiger partial charge < -0.3 is 15.3 Å². The lowest BCUT2D eigenvalue weighted by Gasteiger charge is -2.04. The minimum atomic E-state index is -1.66. The molecule has 82 valence electrons. The molecule has 3 N–H and O–H groups in total. The van der Waals surface area contributed by atoms with E-state index in [0.717, 1.165) is 0 Å². The summed E-state index contributed by atoms with van der Waals surface area (Å²) < 4.78 is 0. The standard InChI is InChI=1S/C8H7ClO6/c1-3(9)6(8(14)15)4(7(12)13)2-5(10)11/h1-2H2,(H,10,11)(H,12,13)(H,14,15)/b6-4-. The van der Waals surface area contributed by atoms with Crippen LogP contribution in [0.15, 0.2) is 22.8 Å². The van der Waals surface area contributed by atoms with Crippen molar-refractivity contribution in [2.45, 2.75) is 6.42 Å². The first-order chi connectivity index (χ1) is 6.77. The molecule has 0 aromatic carbocycles. The van der Waals surface area contributed by atoms with Crippen LogP contribution in [-0.4, -0.2) is 33.2 Å². The van der Waals surface area contributed by atoms with E-state index in [0.29, 0.717) is 0 Å². The number of aliphatic carboxylic acids is 3. The summed E-state index contributed by atoms with van der Waals surface area (Å²) >= 11 is 5.27. The van der Waals surface area contributed by atoms with Gasteiger partial charge in [0.1, 0.15) is 0 Å². The second-order valence-electron chi connectivity index (χ2n) is 2.44. The highest BCUT2D eigenvalue weighted by Crippen LogP contribution is 2.20. The highest BCUT2D eigenvalue weighted by molar-refractivity contribution is 6.35. The van der Waals surface area contributed by atoms with Crippen LogP contribution in [0.3, 0.4) is 0 Å². The zero-order valence-corrected chi connectivity index (χ0v) is 8.11. The van der Waals surface area contributed by atoms with Gasteiger partial charge in [0.15, 0.2) is 0 Å². The van der Waals surface area contributed by atoms with Crippen LogP contribution in [0.25, 0.3) is 0 Å². The van der Waals surface area contributed by atoms with Gasteiger partial charge in [-0.15, -0.1) is 0 Å². The Bertz CT molecular complexity index is 351. The van der Waals surface area contributed by atoms with Crippen molar-refractivity contribution >= 4 is 29.5 Å². The van der Waals surface area contributed by atoms with Crippen LogP contribution < -0.4 is 0 Å². The molecule has 0 unspecified atom stereocenters. The van der Waals surface area contributed by atoms with Crippen LogP contribution in [0.2, 0.25) is 0 Å². The normalized spacial score (nSPS) is 11.5. The highest BCUT2D eigenvalue weighted by Gasteiger charge is 2.23. The van der Waals surface area contributed by atoms with Crippen molar-refractivity contribution in [3.63, 3.8) is 0 Å². The van der Waals surface area contributed by atoms with E-state index in [1.165, 1.54) is 0 Å². The number of carboxylic acids is 3. The van der Waals surface area contributed by atoms with Crippen LogP contribution in [0, 0.1) is 0 Å². The molecular formula is C8H7ClO6. The molecule has 0 spiro atoms. The minimum absolute atomic E-state index is 0.527. The van der Waals surface area contributed by atoms with E-state index in [1.54, 1.807) is 0 Å². The van der Waals surface area contributed by atoms with Crippen molar-refractivity contribution in [2.75, 3.05) is 0 Å². The third kappa shape index (κ3) is 3.82. The topological polar surface area (TPSA) is 112 Å². The predicted octanol–water partition coefficient (Wildman–Crippen LogP) is 0.679. The summed E-state index contributed by atoms with van der Waals surface area (Å²) in [4.78, 5) is 31.5. The average Bonchev–Trinajstić information content (AvgIpc) is 2.00. The monoisotopic (exact) mass is 234 g/mol.